The second-order valence-corrected chi connectivity index (χ2v) is 10.8. The molecule has 0 fully saturated rings. The Hall–Kier alpha value is -2.07. The highest BCUT2D eigenvalue weighted by molar-refractivity contribution is 5.75. The molecule has 1 aromatic carbocycles. The number of rotatable bonds is 16. The zero-order chi connectivity index (χ0) is 25.4. The van der Waals surface area contributed by atoms with E-state index in [1.807, 2.05) is 12.1 Å². The van der Waals surface area contributed by atoms with Gasteiger partial charge in [0, 0.05) is 6.54 Å². The minimum absolute atomic E-state index is 0.00843. The fraction of sp³-hybridized carbons (Fsp3) is 0.656. The van der Waals surface area contributed by atoms with E-state index in [9.17, 15) is 4.79 Å². The van der Waals surface area contributed by atoms with Crippen LogP contribution in [0.5, 0.6) is 5.75 Å². The van der Waals surface area contributed by atoms with Crippen LogP contribution in [0.4, 0.5) is 0 Å². The molecule has 2 N–H and O–H groups in total. The van der Waals surface area contributed by atoms with Gasteiger partial charge >= 0.3 is 5.97 Å². The predicted octanol–water partition coefficient (Wildman–Crippen LogP) is 8.50. The van der Waals surface area contributed by atoms with Crippen LogP contribution in [0.1, 0.15) is 128 Å². The molecule has 4 heteroatoms. The van der Waals surface area contributed by atoms with Gasteiger partial charge in [0.2, 0.25) is 0 Å². The molecule has 2 unspecified atom stereocenters. The summed E-state index contributed by atoms with van der Waals surface area (Å²) in [7, 11) is 0. The van der Waals surface area contributed by atoms with Crippen molar-refractivity contribution in [2.75, 3.05) is 6.54 Å². The van der Waals surface area contributed by atoms with Crippen LogP contribution >= 0.6 is 0 Å². The Morgan fingerprint density at radius 3 is 2.14 bits per heavy atom. The van der Waals surface area contributed by atoms with Crippen LogP contribution in [0.25, 0.3) is 0 Å². The number of hydrogen-bond donors (Lipinski definition) is 2. The normalized spacial score (nSPS) is 19.8. The third kappa shape index (κ3) is 10.1. The number of hydrogen-bond acceptors (Lipinski definition) is 4. The molecule has 2 atom stereocenters. The molecule has 2 aliphatic rings. The molecule has 0 saturated heterocycles. The summed E-state index contributed by atoms with van der Waals surface area (Å²) < 4.78 is 5.72. The summed E-state index contributed by atoms with van der Waals surface area (Å²) in [6.45, 7) is 5.44. The highest BCUT2D eigenvalue weighted by Crippen LogP contribution is 2.29. The van der Waals surface area contributed by atoms with E-state index in [1.165, 1.54) is 94.6 Å². The minimum Gasteiger partial charge on any atom is -0.426 e. The maximum atomic E-state index is 12.7. The maximum Gasteiger partial charge on any atom is 0.314 e. The number of carbonyl (C=O) groups excluding carboxylic acids is 1. The van der Waals surface area contributed by atoms with Crippen LogP contribution < -0.4 is 15.4 Å². The van der Waals surface area contributed by atoms with Gasteiger partial charge < -0.3 is 10.1 Å². The van der Waals surface area contributed by atoms with E-state index < -0.39 is 0 Å². The van der Waals surface area contributed by atoms with Crippen molar-refractivity contribution in [3.63, 3.8) is 0 Å². The number of nitrogens with one attached hydrogen (secondary N) is 2. The Morgan fingerprint density at radius 2 is 1.50 bits per heavy atom. The first kappa shape index (κ1) is 28.5. The first-order chi connectivity index (χ1) is 17.7. The van der Waals surface area contributed by atoms with Gasteiger partial charge in [-0.2, -0.15) is 0 Å². The number of benzene rings is 1. The fourth-order valence-corrected chi connectivity index (χ4v) is 5.26. The lowest BCUT2D eigenvalue weighted by Crippen LogP contribution is -2.37. The van der Waals surface area contributed by atoms with Crippen molar-refractivity contribution < 1.29 is 9.53 Å². The summed E-state index contributed by atoms with van der Waals surface area (Å²) in [6, 6.07) is 7.95. The fourth-order valence-electron chi connectivity index (χ4n) is 5.26. The first-order valence-electron chi connectivity index (χ1n) is 14.9. The molecule has 200 valence electrons. The Balaban J connectivity index is 1.34. The van der Waals surface area contributed by atoms with Crippen LogP contribution in [0.15, 0.2) is 47.7 Å². The van der Waals surface area contributed by atoms with Crippen LogP contribution in [0.2, 0.25) is 0 Å². The van der Waals surface area contributed by atoms with Crippen molar-refractivity contribution in [3.8, 4) is 5.75 Å². The first-order valence-corrected chi connectivity index (χ1v) is 14.9. The highest BCUT2D eigenvalue weighted by Gasteiger charge is 2.23. The van der Waals surface area contributed by atoms with Gasteiger partial charge in [0.15, 0.2) is 0 Å². The summed E-state index contributed by atoms with van der Waals surface area (Å²) in [4.78, 5) is 12.7. The van der Waals surface area contributed by atoms with Gasteiger partial charge in [-0.3, -0.25) is 10.1 Å². The van der Waals surface area contributed by atoms with Crippen molar-refractivity contribution in [3.05, 3.63) is 53.3 Å². The molecule has 36 heavy (non-hydrogen) atoms. The average molecular weight is 495 g/mol. The predicted molar refractivity (Wildman–Crippen MR) is 151 cm³/mol. The number of carbonyl (C=O) groups is 1. The molecule has 0 radical (unpaired) electrons. The zero-order valence-corrected chi connectivity index (χ0v) is 23.0. The summed E-state index contributed by atoms with van der Waals surface area (Å²) in [5, 5.41) is 7.11. The Labute approximate surface area is 220 Å². The molecule has 1 aliphatic heterocycles. The molecule has 0 spiro atoms. The van der Waals surface area contributed by atoms with Gasteiger partial charge in [0.25, 0.3) is 0 Å². The average Bonchev–Trinajstić information content (AvgIpc) is 2.91. The molecule has 0 aromatic heterocycles. The molecular weight excluding hydrogens is 444 g/mol. The quantitative estimate of drug-likeness (QED) is 0.105. The lowest BCUT2D eigenvalue weighted by molar-refractivity contribution is -0.139. The largest absolute Gasteiger partial charge is 0.426 e. The summed E-state index contributed by atoms with van der Waals surface area (Å²) >= 11 is 0. The molecule has 3 rings (SSSR count). The topological polar surface area (TPSA) is 50.4 Å². The van der Waals surface area contributed by atoms with Crippen molar-refractivity contribution in [2.45, 2.75) is 123 Å². The smallest absolute Gasteiger partial charge is 0.314 e. The van der Waals surface area contributed by atoms with Crippen LogP contribution in [0, 0.1) is 5.92 Å². The van der Waals surface area contributed by atoms with Crippen molar-refractivity contribution in [1.82, 2.24) is 10.6 Å². The van der Waals surface area contributed by atoms with Gasteiger partial charge in [-0.25, -0.2) is 0 Å². The van der Waals surface area contributed by atoms with E-state index in [-0.39, 0.29) is 18.1 Å². The number of esters is 1. The van der Waals surface area contributed by atoms with E-state index in [4.69, 9.17) is 4.74 Å². The summed E-state index contributed by atoms with van der Waals surface area (Å²) in [6.07, 6.45) is 24.4. The van der Waals surface area contributed by atoms with Crippen molar-refractivity contribution >= 4 is 5.97 Å². The zero-order valence-electron chi connectivity index (χ0n) is 23.0. The molecule has 1 aromatic rings. The van der Waals surface area contributed by atoms with Crippen LogP contribution in [0.3, 0.4) is 0 Å². The number of unbranched alkanes of at least 4 members (excludes halogenated alkanes) is 9. The van der Waals surface area contributed by atoms with E-state index in [2.05, 4.69) is 48.9 Å². The highest BCUT2D eigenvalue weighted by atomic mass is 16.5. The summed E-state index contributed by atoms with van der Waals surface area (Å²) in [5.74, 6) is 0.545. The lowest BCUT2D eigenvalue weighted by atomic mass is 9.87. The van der Waals surface area contributed by atoms with Crippen LogP contribution in [-0.2, 0) is 4.79 Å². The maximum absolute atomic E-state index is 12.7. The monoisotopic (exact) mass is 494 g/mol. The standard InChI is InChI=1S/C32H50N2O2/c1-3-5-7-8-9-10-11-13-15-27-24-33-31(34-25-27)28-20-22-30(23-21-28)36-32(35)29-18-16-26(17-19-29)14-12-6-4-2/h16,20-24,29,31,33-34H,3-15,17-19,25H2,1-2H3. The van der Waals surface area contributed by atoms with Gasteiger partial charge in [-0.05, 0) is 74.4 Å². The second kappa shape index (κ2) is 16.6. The van der Waals surface area contributed by atoms with E-state index in [1.54, 1.807) is 0 Å². The van der Waals surface area contributed by atoms with Gasteiger partial charge in [0.05, 0.1) is 5.92 Å². The molecule has 0 bridgehead atoms. The molecule has 0 amide bonds. The van der Waals surface area contributed by atoms with Gasteiger partial charge in [-0.1, -0.05) is 95.4 Å². The SMILES string of the molecule is CCCCCCCCCCC1=CNC(c2ccc(OC(=O)C3CC=C(CCCCC)CC3)cc2)NC1. The number of allylic oxidation sites excluding steroid dienone is 2. The van der Waals surface area contributed by atoms with Crippen LogP contribution in [-0.4, -0.2) is 12.5 Å². The lowest BCUT2D eigenvalue weighted by Gasteiger charge is -2.26. The Bertz CT molecular complexity index is 827. The van der Waals surface area contributed by atoms with E-state index >= 15 is 0 Å². The second-order valence-electron chi connectivity index (χ2n) is 10.8. The van der Waals surface area contributed by atoms with Crippen molar-refractivity contribution in [2.24, 2.45) is 5.92 Å². The van der Waals surface area contributed by atoms with E-state index in [0.29, 0.717) is 5.75 Å². The third-order valence-electron chi connectivity index (χ3n) is 7.71. The Kier molecular flexibility index (Phi) is 13.2. The molecule has 1 heterocycles. The van der Waals surface area contributed by atoms with E-state index in [0.717, 1.165) is 31.4 Å². The molecular formula is C32H50N2O2. The Morgan fingerprint density at radius 1 is 0.861 bits per heavy atom. The van der Waals surface area contributed by atoms with Gasteiger partial charge in [-0.15, -0.1) is 0 Å². The number of ether oxygens (including phenoxy) is 1. The minimum atomic E-state index is -0.0888. The molecule has 1 aliphatic carbocycles. The summed E-state index contributed by atoms with van der Waals surface area (Å²) in [5.41, 5.74) is 4.15. The third-order valence-corrected chi connectivity index (χ3v) is 7.71. The molecule has 0 saturated carbocycles. The van der Waals surface area contributed by atoms with Gasteiger partial charge in [0.1, 0.15) is 11.9 Å². The van der Waals surface area contributed by atoms with Crippen molar-refractivity contribution in [1.29, 1.82) is 0 Å². The molecule has 4 nitrogen and oxygen atoms in total.